The van der Waals surface area contributed by atoms with Gasteiger partial charge in [0, 0.05) is 22.9 Å². The summed E-state index contributed by atoms with van der Waals surface area (Å²) in [5.74, 6) is 0. The Morgan fingerprint density at radius 1 is 1.39 bits per heavy atom. The molecule has 1 fully saturated rings. The summed E-state index contributed by atoms with van der Waals surface area (Å²) in [6.45, 7) is 0. The molecule has 0 unspecified atom stereocenters. The zero-order chi connectivity index (χ0) is 13.2. The molecule has 1 aromatic heterocycles. The topological polar surface area (TPSA) is 79.3 Å². The second-order valence-corrected chi connectivity index (χ2v) is 7.11. The third-order valence-electron chi connectivity index (χ3n) is 2.96. The lowest BCUT2D eigenvalue weighted by Crippen LogP contribution is -2.39. The van der Waals surface area contributed by atoms with Crippen molar-refractivity contribution < 1.29 is 13.5 Å². The molecule has 0 spiro atoms. The van der Waals surface area contributed by atoms with E-state index < -0.39 is 16.1 Å². The average Bonchev–Trinajstić information content (AvgIpc) is 2.28. The highest BCUT2D eigenvalue weighted by atomic mass is 79.9. The summed E-state index contributed by atoms with van der Waals surface area (Å²) in [5, 5.41) is 9.54. The van der Waals surface area contributed by atoms with Gasteiger partial charge in [-0.1, -0.05) is 0 Å². The van der Waals surface area contributed by atoms with Crippen LogP contribution in [0.5, 0.6) is 0 Å². The molecule has 2 atom stereocenters. The summed E-state index contributed by atoms with van der Waals surface area (Å²) in [4.78, 5) is 3.98. The standard InChI is InChI=1S/C11H15BrN2O3S/c12-8-4-11(7-13-6-8)18(16,17)14-9-2-1-3-10(15)5-9/h4,6-7,9-10,14-15H,1-3,5H2/t9-,10-/m0/s1. The number of sulfonamides is 1. The van der Waals surface area contributed by atoms with E-state index in [2.05, 4.69) is 25.6 Å². The Labute approximate surface area is 115 Å². The number of nitrogens with one attached hydrogen (secondary N) is 1. The fourth-order valence-corrected chi connectivity index (χ4v) is 3.88. The fourth-order valence-electron chi connectivity index (χ4n) is 2.10. The van der Waals surface area contributed by atoms with E-state index in [4.69, 9.17) is 0 Å². The van der Waals surface area contributed by atoms with Crippen molar-refractivity contribution in [2.45, 2.75) is 42.7 Å². The van der Waals surface area contributed by atoms with E-state index in [0.29, 0.717) is 10.9 Å². The Balaban J connectivity index is 2.12. The minimum atomic E-state index is -3.56. The van der Waals surface area contributed by atoms with Gasteiger partial charge in [0.05, 0.1) is 6.10 Å². The van der Waals surface area contributed by atoms with Crippen LogP contribution in [-0.4, -0.2) is 30.7 Å². The summed E-state index contributed by atoms with van der Waals surface area (Å²) < 4.78 is 27.5. The van der Waals surface area contributed by atoms with E-state index in [9.17, 15) is 13.5 Å². The first-order valence-electron chi connectivity index (χ1n) is 5.78. The number of aliphatic hydroxyl groups is 1. The largest absolute Gasteiger partial charge is 0.393 e. The average molecular weight is 335 g/mol. The Bertz CT molecular complexity index is 521. The van der Waals surface area contributed by atoms with E-state index in [1.165, 1.54) is 18.5 Å². The van der Waals surface area contributed by atoms with Crippen molar-refractivity contribution in [3.05, 3.63) is 22.9 Å². The normalized spacial score (nSPS) is 25.0. The molecule has 0 saturated heterocycles. The minimum Gasteiger partial charge on any atom is -0.393 e. The van der Waals surface area contributed by atoms with E-state index in [1.807, 2.05) is 0 Å². The fraction of sp³-hybridized carbons (Fsp3) is 0.545. The first kappa shape index (κ1) is 13.9. The molecule has 2 rings (SSSR count). The lowest BCUT2D eigenvalue weighted by atomic mass is 9.94. The first-order valence-corrected chi connectivity index (χ1v) is 8.06. The molecule has 0 bridgehead atoms. The van der Waals surface area contributed by atoms with Crippen molar-refractivity contribution in [1.82, 2.24) is 9.71 Å². The number of aliphatic hydroxyl groups excluding tert-OH is 1. The molecule has 100 valence electrons. The highest BCUT2D eigenvalue weighted by Gasteiger charge is 2.25. The van der Waals surface area contributed by atoms with Crippen LogP contribution in [0, 0.1) is 0 Å². The zero-order valence-electron chi connectivity index (χ0n) is 9.71. The van der Waals surface area contributed by atoms with Gasteiger partial charge in [-0.2, -0.15) is 0 Å². The van der Waals surface area contributed by atoms with Crippen molar-refractivity contribution in [2.75, 3.05) is 0 Å². The number of hydrogen-bond donors (Lipinski definition) is 2. The third kappa shape index (κ3) is 3.50. The van der Waals surface area contributed by atoms with Crippen molar-refractivity contribution in [3.63, 3.8) is 0 Å². The summed E-state index contributed by atoms with van der Waals surface area (Å²) in [5.41, 5.74) is 0. The van der Waals surface area contributed by atoms with Crippen molar-refractivity contribution in [1.29, 1.82) is 0 Å². The summed E-state index contributed by atoms with van der Waals surface area (Å²) in [6, 6.07) is 1.31. The second kappa shape index (κ2) is 5.64. The molecule has 1 aliphatic carbocycles. The van der Waals surface area contributed by atoms with E-state index >= 15 is 0 Å². The molecule has 1 heterocycles. The van der Waals surface area contributed by atoms with Gasteiger partial charge in [-0.3, -0.25) is 4.98 Å². The second-order valence-electron chi connectivity index (χ2n) is 4.48. The van der Waals surface area contributed by atoms with Crippen LogP contribution in [0.2, 0.25) is 0 Å². The van der Waals surface area contributed by atoms with Gasteiger partial charge in [0.1, 0.15) is 4.90 Å². The van der Waals surface area contributed by atoms with Crippen LogP contribution in [0.3, 0.4) is 0 Å². The van der Waals surface area contributed by atoms with Gasteiger partial charge < -0.3 is 5.11 Å². The van der Waals surface area contributed by atoms with Gasteiger partial charge in [0.25, 0.3) is 0 Å². The molecule has 7 heteroatoms. The Morgan fingerprint density at radius 3 is 2.83 bits per heavy atom. The maximum absolute atomic E-state index is 12.1. The molecule has 0 amide bonds. The third-order valence-corrected chi connectivity index (χ3v) is 4.88. The van der Waals surface area contributed by atoms with E-state index in [1.54, 1.807) is 0 Å². The Hall–Kier alpha value is -0.500. The molecule has 18 heavy (non-hydrogen) atoms. The zero-order valence-corrected chi connectivity index (χ0v) is 12.1. The number of halogens is 1. The van der Waals surface area contributed by atoms with E-state index in [0.717, 1.165) is 19.3 Å². The maximum Gasteiger partial charge on any atom is 0.242 e. The van der Waals surface area contributed by atoms with Gasteiger partial charge in [-0.05, 0) is 47.7 Å². The molecular weight excluding hydrogens is 320 g/mol. The highest BCUT2D eigenvalue weighted by Crippen LogP contribution is 2.21. The molecule has 0 radical (unpaired) electrons. The highest BCUT2D eigenvalue weighted by molar-refractivity contribution is 9.10. The summed E-state index contributed by atoms with van der Waals surface area (Å²) in [7, 11) is -3.56. The number of aromatic nitrogens is 1. The number of rotatable bonds is 3. The molecule has 1 saturated carbocycles. The molecule has 2 N–H and O–H groups in total. The molecule has 1 aliphatic rings. The summed E-state index contributed by atoms with van der Waals surface area (Å²) in [6.07, 6.45) is 5.25. The van der Waals surface area contributed by atoms with Crippen LogP contribution in [0.4, 0.5) is 0 Å². The molecular formula is C11H15BrN2O3S. The smallest absolute Gasteiger partial charge is 0.242 e. The predicted molar refractivity (Wildman–Crippen MR) is 70.5 cm³/mol. The summed E-state index contributed by atoms with van der Waals surface area (Å²) >= 11 is 3.19. The minimum absolute atomic E-state index is 0.136. The lowest BCUT2D eigenvalue weighted by Gasteiger charge is -2.26. The molecule has 5 nitrogen and oxygen atoms in total. The molecule has 1 aromatic rings. The van der Waals surface area contributed by atoms with Crippen LogP contribution in [0.15, 0.2) is 27.8 Å². The number of pyridine rings is 1. The lowest BCUT2D eigenvalue weighted by molar-refractivity contribution is 0.117. The maximum atomic E-state index is 12.1. The van der Waals surface area contributed by atoms with Crippen LogP contribution < -0.4 is 4.72 Å². The van der Waals surface area contributed by atoms with Gasteiger partial charge in [-0.15, -0.1) is 0 Å². The van der Waals surface area contributed by atoms with Crippen LogP contribution in [-0.2, 0) is 10.0 Å². The molecule has 0 aromatic carbocycles. The van der Waals surface area contributed by atoms with Gasteiger partial charge >= 0.3 is 0 Å². The van der Waals surface area contributed by atoms with Crippen LogP contribution >= 0.6 is 15.9 Å². The molecule has 0 aliphatic heterocycles. The van der Waals surface area contributed by atoms with Gasteiger partial charge in [0.2, 0.25) is 10.0 Å². The van der Waals surface area contributed by atoms with Crippen molar-refractivity contribution >= 4 is 26.0 Å². The van der Waals surface area contributed by atoms with Crippen molar-refractivity contribution in [2.24, 2.45) is 0 Å². The first-order chi connectivity index (χ1) is 8.47. The quantitative estimate of drug-likeness (QED) is 0.876. The van der Waals surface area contributed by atoms with Gasteiger partial charge in [-0.25, -0.2) is 13.1 Å². The number of nitrogens with zero attached hydrogens (tertiary/aromatic N) is 1. The Morgan fingerprint density at radius 2 is 2.17 bits per heavy atom. The number of hydrogen-bond acceptors (Lipinski definition) is 4. The predicted octanol–water partition coefficient (Wildman–Crippen LogP) is 1.43. The van der Waals surface area contributed by atoms with E-state index in [-0.39, 0.29) is 10.9 Å². The van der Waals surface area contributed by atoms with Crippen molar-refractivity contribution in [3.8, 4) is 0 Å². The van der Waals surface area contributed by atoms with Crippen LogP contribution in [0.25, 0.3) is 0 Å². The SMILES string of the molecule is O=S(=O)(N[C@H]1CCC[C@H](O)C1)c1cncc(Br)c1. The Kier molecular flexibility index (Phi) is 4.37. The van der Waals surface area contributed by atoms with Gasteiger partial charge in [0.15, 0.2) is 0 Å². The monoisotopic (exact) mass is 334 g/mol. The van der Waals surface area contributed by atoms with Crippen LogP contribution in [0.1, 0.15) is 25.7 Å².